The third kappa shape index (κ3) is 5.15. The van der Waals surface area contributed by atoms with Crippen molar-refractivity contribution >= 4 is 32.0 Å². The SMILES string of the molecule is COC(=O)C[C@@]1(C#N)CC(=O)[C@@]2(CCCO[Si](C)(C)C(C)(C)C)O[C@@H]1[C@H](C(=O)OC)[C@H]2C(=O)OC. The average molecular weight is 512 g/mol. The van der Waals surface area contributed by atoms with Crippen LogP contribution in [-0.2, 0) is 42.6 Å². The standard InChI is InChI=1S/C24H37NO9Si/c1-22(2,3)35(7,8)33-11-9-10-24-15(26)12-23(14-25,13-16(27)30-4)19(34-24)17(20(28)31-5)18(24)21(29)32-6/h17-19H,9-13H2,1-8H3/t17-,18+,19-,23-,24-/m1/s1. The van der Waals surface area contributed by atoms with E-state index in [-0.39, 0.29) is 17.9 Å². The van der Waals surface area contributed by atoms with Crippen molar-refractivity contribution in [3.63, 3.8) is 0 Å². The molecule has 0 N–H and O–H groups in total. The van der Waals surface area contributed by atoms with Gasteiger partial charge in [0.25, 0.3) is 0 Å². The molecule has 196 valence electrons. The van der Waals surface area contributed by atoms with Crippen molar-refractivity contribution in [2.24, 2.45) is 17.3 Å². The topological polar surface area (TPSA) is 138 Å². The number of carbonyl (C=O) groups excluding carboxylic acids is 4. The number of carbonyl (C=O) groups is 4. The number of hydrogen-bond donors (Lipinski definition) is 0. The summed E-state index contributed by atoms with van der Waals surface area (Å²) in [5.74, 6) is -5.52. The number of esters is 3. The average Bonchev–Trinajstić information content (AvgIpc) is 3.12. The third-order valence-electron chi connectivity index (χ3n) is 7.82. The number of nitriles is 1. The van der Waals surface area contributed by atoms with E-state index in [1.165, 1.54) is 0 Å². The van der Waals surface area contributed by atoms with Gasteiger partial charge in [0, 0.05) is 13.0 Å². The van der Waals surface area contributed by atoms with Crippen LogP contribution < -0.4 is 0 Å². The van der Waals surface area contributed by atoms with Crippen LogP contribution in [0.3, 0.4) is 0 Å². The van der Waals surface area contributed by atoms with E-state index in [1.54, 1.807) is 0 Å². The molecule has 0 unspecified atom stereocenters. The molecule has 0 aromatic carbocycles. The van der Waals surface area contributed by atoms with Crippen LogP contribution >= 0.6 is 0 Å². The lowest BCUT2D eigenvalue weighted by Gasteiger charge is -2.41. The number of rotatable bonds is 9. The van der Waals surface area contributed by atoms with Gasteiger partial charge in [0.2, 0.25) is 0 Å². The molecule has 10 nitrogen and oxygen atoms in total. The third-order valence-corrected chi connectivity index (χ3v) is 12.4. The summed E-state index contributed by atoms with van der Waals surface area (Å²) in [5, 5.41) is 10.1. The number of nitrogens with zero attached hydrogens (tertiary/aromatic N) is 1. The first-order valence-corrected chi connectivity index (χ1v) is 14.6. The van der Waals surface area contributed by atoms with E-state index in [1.807, 2.05) is 6.07 Å². The highest BCUT2D eigenvalue weighted by atomic mass is 28.4. The molecule has 2 aliphatic rings. The first-order chi connectivity index (χ1) is 16.2. The van der Waals surface area contributed by atoms with Gasteiger partial charge in [0.15, 0.2) is 14.1 Å². The number of ketones is 1. The molecule has 0 spiro atoms. The summed E-state index contributed by atoms with van der Waals surface area (Å²) in [6, 6.07) is 2.02. The van der Waals surface area contributed by atoms with Gasteiger partial charge in [-0.3, -0.25) is 19.2 Å². The molecular weight excluding hydrogens is 474 g/mol. The molecule has 0 aromatic heterocycles. The summed E-state index contributed by atoms with van der Waals surface area (Å²) in [6.07, 6.45) is -1.61. The zero-order valence-electron chi connectivity index (χ0n) is 21.9. The van der Waals surface area contributed by atoms with Crippen molar-refractivity contribution in [1.29, 1.82) is 5.26 Å². The summed E-state index contributed by atoms with van der Waals surface area (Å²) in [5.41, 5.74) is -3.38. The van der Waals surface area contributed by atoms with E-state index in [0.29, 0.717) is 13.0 Å². The maximum absolute atomic E-state index is 13.6. The maximum atomic E-state index is 13.6. The number of fused-ring (bicyclic) bond motifs is 2. The van der Waals surface area contributed by atoms with Crippen LogP contribution in [0.4, 0.5) is 0 Å². The molecule has 0 amide bonds. The van der Waals surface area contributed by atoms with Gasteiger partial charge in [0.05, 0.1) is 39.9 Å². The normalized spacial score (nSPS) is 30.4. The lowest BCUT2D eigenvalue weighted by molar-refractivity contribution is -0.180. The van der Waals surface area contributed by atoms with Gasteiger partial charge in [-0.1, -0.05) is 20.8 Å². The second kappa shape index (κ2) is 10.4. The molecule has 2 saturated heterocycles. The molecule has 0 aliphatic carbocycles. The second-order valence-corrected chi connectivity index (χ2v) is 15.6. The minimum Gasteiger partial charge on any atom is -0.469 e. The van der Waals surface area contributed by atoms with E-state index < -0.39 is 67.4 Å². The Bertz CT molecular complexity index is 906. The molecule has 0 aromatic rings. The van der Waals surface area contributed by atoms with Gasteiger partial charge in [-0.15, -0.1) is 0 Å². The van der Waals surface area contributed by atoms with Crippen LogP contribution in [0.2, 0.25) is 18.1 Å². The van der Waals surface area contributed by atoms with Crippen LogP contribution in [0.5, 0.6) is 0 Å². The van der Waals surface area contributed by atoms with E-state index in [0.717, 1.165) is 21.3 Å². The fraction of sp³-hybridized carbons (Fsp3) is 0.792. The quantitative estimate of drug-likeness (QED) is 0.196. The van der Waals surface area contributed by atoms with E-state index >= 15 is 0 Å². The molecular formula is C24H37NO9Si. The molecule has 2 heterocycles. The lowest BCUT2D eigenvalue weighted by atomic mass is 9.71. The Morgan fingerprint density at radius 1 is 1.11 bits per heavy atom. The molecule has 2 rings (SSSR count). The van der Waals surface area contributed by atoms with Gasteiger partial charge in [-0.25, -0.2) is 0 Å². The molecule has 11 heteroatoms. The Kier molecular flexibility index (Phi) is 8.57. The van der Waals surface area contributed by atoms with Crippen molar-refractivity contribution < 1.29 is 42.6 Å². The first-order valence-electron chi connectivity index (χ1n) is 11.6. The van der Waals surface area contributed by atoms with E-state index in [2.05, 4.69) is 33.9 Å². The Balaban J connectivity index is 2.47. The fourth-order valence-corrected chi connectivity index (χ4v) is 5.89. The zero-order chi connectivity index (χ0) is 26.8. The van der Waals surface area contributed by atoms with Crippen LogP contribution in [0.15, 0.2) is 0 Å². The number of ether oxygens (including phenoxy) is 4. The lowest BCUT2D eigenvalue weighted by Crippen LogP contribution is -2.54. The van der Waals surface area contributed by atoms with Crippen molar-refractivity contribution in [1.82, 2.24) is 0 Å². The number of Topliss-reactive ketones (excluding diaryl/α,β-unsaturated/α-hetero) is 1. The van der Waals surface area contributed by atoms with Crippen LogP contribution in [0.1, 0.15) is 46.5 Å². The number of methoxy groups -OCH3 is 3. The van der Waals surface area contributed by atoms with Crippen molar-refractivity contribution in [2.45, 2.75) is 76.3 Å². The maximum Gasteiger partial charge on any atom is 0.313 e. The van der Waals surface area contributed by atoms with Gasteiger partial charge >= 0.3 is 17.9 Å². The molecule has 35 heavy (non-hydrogen) atoms. The smallest absolute Gasteiger partial charge is 0.313 e. The Morgan fingerprint density at radius 3 is 2.20 bits per heavy atom. The van der Waals surface area contributed by atoms with Crippen molar-refractivity contribution in [3.05, 3.63) is 0 Å². The Morgan fingerprint density at radius 2 is 1.71 bits per heavy atom. The largest absolute Gasteiger partial charge is 0.469 e. The summed E-state index contributed by atoms with van der Waals surface area (Å²) in [6.45, 7) is 10.9. The van der Waals surface area contributed by atoms with E-state index in [4.69, 9.17) is 23.4 Å². The Labute approximate surface area is 207 Å². The molecule has 2 aliphatic heterocycles. The Hall–Kier alpha value is -2.29. The van der Waals surface area contributed by atoms with Crippen LogP contribution in [-0.4, -0.2) is 71.6 Å². The predicted octanol–water partition coefficient (Wildman–Crippen LogP) is 2.55. The minimum atomic E-state index is -2.05. The van der Waals surface area contributed by atoms with Crippen LogP contribution in [0.25, 0.3) is 0 Å². The minimum absolute atomic E-state index is 0.00822. The highest BCUT2D eigenvalue weighted by molar-refractivity contribution is 6.74. The predicted molar refractivity (Wildman–Crippen MR) is 125 cm³/mol. The van der Waals surface area contributed by atoms with Gasteiger partial charge in [-0.2, -0.15) is 5.26 Å². The summed E-state index contributed by atoms with van der Waals surface area (Å²) in [7, 11) is 1.41. The van der Waals surface area contributed by atoms with E-state index in [9.17, 15) is 24.4 Å². The summed E-state index contributed by atoms with van der Waals surface area (Å²) < 4.78 is 27.1. The van der Waals surface area contributed by atoms with Gasteiger partial charge in [-0.05, 0) is 31.0 Å². The van der Waals surface area contributed by atoms with Gasteiger partial charge < -0.3 is 23.4 Å². The highest BCUT2D eigenvalue weighted by Crippen LogP contribution is 2.57. The molecule has 0 radical (unpaired) electrons. The summed E-state index contributed by atoms with van der Waals surface area (Å²) in [4.78, 5) is 51.7. The molecule has 0 saturated carbocycles. The zero-order valence-corrected chi connectivity index (χ0v) is 22.9. The van der Waals surface area contributed by atoms with Gasteiger partial charge in [0.1, 0.15) is 22.9 Å². The van der Waals surface area contributed by atoms with Crippen molar-refractivity contribution in [3.8, 4) is 6.07 Å². The molecule has 2 fully saturated rings. The van der Waals surface area contributed by atoms with Crippen molar-refractivity contribution in [2.75, 3.05) is 27.9 Å². The first kappa shape index (κ1) is 28.9. The number of hydrogen-bond acceptors (Lipinski definition) is 10. The fourth-order valence-electron chi connectivity index (χ4n) is 4.80. The summed E-state index contributed by atoms with van der Waals surface area (Å²) >= 11 is 0. The highest BCUT2D eigenvalue weighted by Gasteiger charge is 2.73. The molecule has 5 atom stereocenters. The second-order valence-electron chi connectivity index (χ2n) is 10.8. The van der Waals surface area contributed by atoms with Crippen LogP contribution in [0, 0.1) is 28.6 Å². The monoisotopic (exact) mass is 511 g/mol. The molecule has 2 bridgehead atoms.